The van der Waals surface area contributed by atoms with Crippen molar-refractivity contribution in [2.75, 3.05) is 5.73 Å². The van der Waals surface area contributed by atoms with Crippen molar-refractivity contribution in [3.8, 4) is 0 Å². The molecular formula is C15H27N3. The van der Waals surface area contributed by atoms with E-state index in [0.717, 1.165) is 36.7 Å². The van der Waals surface area contributed by atoms with Crippen molar-refractivity contribution in [1.82, 2.24) is 9.55 Å². The molecule has 102 valence electrons. The van der Waals surface area contributed by atoms with Crippen LogP contribution in [0.15, 0.2) is 12.7 Å². The Hall–Kier alpha value is -1.25. The van der Waals surface area contributed by atoms with E-state index in [9.17, 15) is 0 Å². The molecule has 1 aromatic rings. The van der Waals surface area contributed by atoms with Crippen LogP contribution in [-0.4, -0.2) is 9.55 Å². The SMILES string of the molecule is C=CCn1c(C(C)(C)C)nc(C(CC)CC)c1N. The summed E-state index contributed by atoms with van der Waals surface area (Å²) in [5, 5.41) is 0. The maximum Gasteiger partial charge on any atom is 0.127 e. The van der Waals surface area contributed by atoms with E-state index in [4.69, 9.17) is 10.7 Å². The third-order valence-electron chi connectivity index (χ3n) is 3.39. The molecule has 0 bridgehead atoms. The summed E-state index contributed by atoms with van der Waals surface area (Å²) in [6, 6.07) is 0. The van der Waals surface area contributed by atoms with Gasteiger partial charge < -0.3 is 10.3 Å². The lowest BCUT2D eigenvalue weighted by atomic mass is 9.95. The Morgan fingerprint density at radius 2 is 1.89 bits per heavy atom. The lowest BCUT2D eigenvalue weighted by Gasteiger charge is -2.19. The lowest BCUT2D eigenvalue weighted by Crippen LogP contribution is -2.19. The molecule has 3 heteroatoms. The van der Waals surface area contributed by atoms with Crippen LogP contribution in [0, 0.1) is 0 Å². The predicted molar refractivity (Wildman–Crippen MR) is 78.9 cm³/mol. The van der Waals surface area contributed by atoms with E-state index < -0.39 is 0 Å². The molecule has 2 N–H and O–H groups in total. The molecule has 0 aromatic carbocycles. The molecular weight excluding hydrogens is 222 g/mol. The summed E-state index contributed by atoms with van der Waals surface area (Å²) in [5.74, 6) is 2.33. The van der Waals surface area contributed by atoms with Gasteiger partial charge in [-0.25, -0.2) is 4.98 Å². The summed E-state index contributed by atoms with van der Waals surface area (Å²) in [5.41, 5.74) is 7.35. The first-order valence-corrected chi connectivity index (χ1v) is 6.84. The summed E-state index contributed by atoms with van der Waals surface area (Å²) in [7, 11) is 0. The van der Waals surface area contributed by atoms with Crippen LogP contribution in [0.4, 0.5) is 5.82 Å². The number of hydrogen-bond acceptors (Lipinski definition) is 2. The van der Waals surface area contributed by atoms with Gasteiger partial charge in [-0.05, 0) is 12.8 Å². The number of nitrogens with zero attached hydrogens (tertiary/aromatic N) is 2. The van der Waals surface area contributed by atoms with Crippen molar-refractivity contribution < 1.29 is 0 Å². The Bertz CT molecular complexity index is 406. The van der Waals surface area contributed by atoms with Crippen LogP contribution in [0.5, 0.6) is 0 Å². The number of nitrogen functional groups attached to an aromatic ring is 1. The van der Waals surface area contributed by atoms with E-state index in [0.29, 0.717) is 5.92 Å². The van der Waals surface area contributed by atoms with Crippen molar-refractivity contribution in [2.24, 2.45) is 0 Å². The third kappa shape index (κ3) is 2.77. The van der Waals surface area contributed by atoms with E-state index in [-0.39, 0.29) is 5.41 Å². The second kappa shape index (κ2) is 5.59. The predicted octanol–water partition coefficient (Wildman–Crippen LogP) is 3.85. The number of aromatic nitrogens is 2. The van der Waals surface area contributed by atoms with Gasteiger partial charge in [0.25, 0.3) is 0 Å². The number of rotatable bonds is 5. The summed E-state index contributed by atoms with van der Waals surface area (Å²) in [6.07, 6.45) is 4.04. The van der Waals surface area contributed by atoms with Gasteiger partial charge in [-0.2, -0.15) is 0 Å². The van der Waals surface area contributed by atoms with Crippen LogP contribution < -0.4 is 5.73 Å². The van der Waals surface area contributed by atoms with E-state index in [1.807, 2.05) is 6.08 Å². The van der Waals surface area contributed by atoms with Crippen LogP contribution in [0.3, 0.4) is 0 Å². The minimum Gasteiger partial charge on any atom is -0.384 e. The normalized spacial score (nSPS) is 12.1. The first-order chi connectivity index (χ1) is 8.36. The maximum absolute atomic E-state index is 6.29. The number of hydrogen-bond donors (Lipinski definition) is 1. The van der Waals surface area contributed by atoms with Crippen LogP contribution in [-0.2, 0) is 12.0 Å². The molecule has 0 spiro atoms. The molecule has 0 atom stereocenters. The van der Waals surface area contributed by atoms with Crippen LogP contribution >= 0.6 is 0 Å². The average Bonchev–Trinajstić information content (AvgIpc) is 2.60. The summed E-state index contributed by atoms with van der Waals surface area (Å²) < 4.78 is 2.10. The van der Waals surface area contributed by atoms with Crippen molar-refractivity contribution in [3.63, 3.8) is 0 Å². The Balaban J connectivity index is 3.35. The maximum atomic E-state index is 6.29. The Morgan fingerprint density at radius 3 is 2.28 bits per heavy atom. The highest BCUT2D eigenvalue weighted by molar-refractivity contribution is 5.42. The van der Waals surface area contributed by atoms with Gasteiger partial charge in [0.1, 0.15) is 11.6 Å². The van der Waals surface area contributed by atoms with E-state index in [1.54, 1.807) is 0 Å². The Morgan fingerprint density at radius 1 is 1.33 bits per heavy atom. The highest BCUT2D eigenvalue weighted by Crippen LogP contribution is 2.32. The van der Waals surface area contributed by atoms with Gasteiger partial charge >= 0.3 is 0 Å². The molecule has 1 heterocycles. The standard InChI is InChI=1S/C15H27N3/c1-7-10-18-13(16)12(11(8-2)9-3)17-14(18)15(4,5)6/h7,11H,1,8-10,16H2,2-6H3. The van der Waals surface area contributed by atoms with Gasteiger partial charge in [0.15, 0.2) is 0 Å². The van der Waals surface area contributed by atoms with Gasteiger partial charge in [0.2, 0.25) is 0 Å². The minimum absolute atomic E-state index is 0.00140. The van der Waals surface area contributed by atoms with E-state index in [2.05, 4.69) is 45.8 Å². The first kappa shape index (κ1) is 14.8. The molecule has 18 heavy (non-hydrogen) atoms. The summed E-state index contributed by atoms with van der Waals surface area (Å²) in [4.78, 5) is 4.83. The van der Waals surface area contributed by atoms with Gasteiger partial charge in [-0.3, -0.25) is 0 Å². The highest BCUT2D eigenvalue weighted by atomic mass is 15.1. The third-order valence-corrected chi connectivity index (χ3v) is 3.39. The number of nitrogens with two attached hydrogens (primary N) is 1. The molecule has 0 fully saturated rings. The van der Waals surface area contributed by atoms with Gasteiger partial charge in [0, 0.05) is 17.9 Å². The monoisotopic (exact) mass is 249 g/mol. The van der Waals surface area contributed by atoms with Gasteiger partial charge in [-0.1, -0.05) is 40.7 Å². The average molecular weight is 249 g/mol. The van der Waals surface area contributed by atoms with Gasteiger partial charge in [0.05, 0.1) is 5.69 Å². The number of imidazole rings is 1. The van der Waals surface area contributed by atoms with Crippen molar-refractivity contribution >= 4 is 5.82 Å². The minimum atomic E-state index is 0.00140. The number of anilines is 1. The first-order valence-electron chi connectivity index (χ1n) is 6.84. The smallest absolute Gasteiger partial charge is 0.127 e. The Labute approximate surface area is 111 Å². The zero-order chi connectivity index (χ0) is 13.9. The fraction of sp³-hybridized carbons (Fsp3) is 0.667. The second-order valence-corrected chi connectivity index (χ2v) is 5.87. The van der Waals surface area contributed by atoms with Crippen molar-refractivity contribution in [2.45, 2.75) is 65.3 Å². The Kier molecular flexibility index (Phi) is 4.60. The number of allylic oxidation sites excluding steroid dienone is 1. The molecule has 0 unspecified atom stereocenters. The highest BCUT2D eigenvalue weighted by Gasteiger charge is 2.26. The molecule has 0 aliphatic carbocycles. The molecule has 0 aliphatic heterocycles. The molecule has 0 radical (unpaired) electrons. The van der Waals surface area contributed by atoms with Gasteiger partial charge in [-0.15, -0.1) is 6.58 Å². The fourth-order valence-electron chi connectivity index (χ4n) is 2.35. The zero-order valence-corrected chi connectivity index (χ0v) is 12.5. The largest absolute Gasteiger partial charge is 0.384 e. The molecule has 3 nitrogen and oxygen atoms in total. The van der Waals surface area contributed by atoms with E-state index in [1.165, 1.54) is 0 Å². The van der Waals surface area contributed by atoms with Crippen molar-refractivity contribution in [1.29, 1.82) is 0 Å². The molecule has 1 rings (SSSR count). The summed E-state index contributed by atoms with van der Waals surface area (Å²) >= 11 is 0. The lowest BCUT2D eigenvalue weighted by molar-refractivity contribution is 0.513. The van der Waals surface area contributed by atoms with Crippen LogP contribution in [0.25, 0.3) is 0 Å². The molecule has 0 amide bonds. The fourth-order valence-corrected chi connectivity index (χ4v) is 2.35. The van der Waals surface area contributed by atoms with Crippen molar-refractivity contribution in [3.05, 3.63) is 24.2 Å². The second-order valence-electron chi connectivity index (χ2n) is 5.87. The molecule has 1 aromatic heterocycles. The molecule has 0 aliphatic rings. The van der Waals surface area contributed by atoms with Crippen LogP contribution in [0.2, 0.25) is 0 Å². The van der Waals surface area contributed by atoms with Crippen LogP contribution in [0.1, 0.15) is 64.9 Å². The molecule has 0 saturated carbocycles. The molecule has 0 saturated heterocycles. The van der Waals surface area contributed by atoms with E-state index >= 15 is 0 Å². The quantitative estimate of drug-likeness (QED) is 0.805. The summed E-state index contributed by atoms with van der Waals surface area (Å²) in [6.45, 7) is 15.4. The zero-order valence-electron chi connectivity index (χ0n) is 12.5. The topological polar surface area (TPSA) is 43.8 Å².